The van der Waals surface area contributed by atoms with Crippen molar-refractivity contribution in [3.8, 4) is 0 Å². The van der Waals surface area contributed by atoms with E-state index in [1.54, 1.807) is 6.92 Å². The highest BCUT2D eigenvalue weighted by Gasteiger charge is 2.57. The molecule has 0 saturated heterocycles. The van der Waals surface area contributed by atoms with Gasteiger partial charge in [0.1, 0.15) is 0 Å². The molecule has 0 aliphatic carbocycles. The number of nitro groups is 1. The number of alkyl halides is 4. The highest BCUT2D eigenvalue weighted by atomic mass is 35.5. The average molecular weight is 255 g/mol. The van der Waals surface area contributed by atoms with Gasteiger partial charge in [-0.2, -0.15) is 0 Å². The molecule has 0 bridgehead atoms. The van der Waals surface area contributed by atoms with E-state index in [1.165, 1.54) is 0 Å². The van der Waals surface area contributed by atoms with Gasteiger partial charge in [-0.1, -0.05) is 36.5 Å². The molecule has 72 valence electrons. The fourth-order valence-electron chi connectivity index (χ4n) is 0.598. The predicted molar refractivity (Wildman–Crippen MR) is 50.8 cm³/mol. The molecule has 0 aromatic carbocycles. The van der Waals surface area contributed by atoms with Crippen molar-refractivity contribution in [2.45, 2.75) is 28.6 Å². The van der Waals surface area contributed by atoms with Gasteiger partial charge in [0, 0.05) is 0 Å². The Morgan fingerprint density at radius 3 is 2.00 bits per heavy atom. The van der Waals surface area contributed by atoms with Crippen LogP contribution in [0.3, 0.4) is 0 Å². The Morgan fingerprint density at radius 1 is 1.33 bits per heavy atom. The average Bonchev–Trinajstić information content (AvgIpc) is 1.86. The Kier molecular flexibility index (Phi) is 4.38. The smallest absolute Gasteiger partial charge is 0.261 e. The van der Waals surface area contributed by atoms with Gasteiger partial charge >= 0.3 is 4.46 Å². The van der Waals surface area contributed by atoms with Gasteiger partial charge in [0.2, 0.25) is 4.33 Å². The van der Waals surface area contributed by atoms with Crippen molar-refractivity contribution in [2.24, 2.45) is 0 Å². The topological polar surface area (TPSA) is 43.1 Å². The zero-order valence-electron chi connectivity index (χ0n) is 6.19. The Hall–Kier alpha value is 0.560. The summed E-state index contributed by atoms with van der Waals surface area (Å²) in [4.78, 5) is 9.40. The van der Waals surface area contributed by atoms with E-state index in [1.807, 2.05) is 0 Å². The van der Waals surface area contributed by atoms with Gasteiger partial charge in [0.25, 0.3) is 0 Å². The molecule has 0 rings (SSSR count). The summed E-state index contributed by atoms with van der Waals surface area (Å²) in [6.45, 7) is 1.77. The maximum atomic E-state index is 10.3. The molecule has 3 nitrogen and oxygen atoms in total. The van der Waals surface area contributed by atoms with Crippen LogP contribution in [-0.2, 0) is 0 Å². The largest absolute Gasteiger partial charge is 0.402 e. The van der Waals surface area contributed by atoms with Crippen molar-refractivity contribution in [3.63, 3.8) is 0 Å². The van der Waals surface area contributed by atoms with Crippen molar-refractivity contribution in [2.75, 3.05) is 0 Å². The molecule has 0 aliphatic heterocycles. The molecule has 0 atom stereocenters. The van der Waals surface area contributed by atoms with Gasteiger partial charge in [-0.25, -0.2) is 0 Å². The third kappa shape index (κ3) is 2.52. The van der Waals surface area contributed by atoms with Gasteiger partial charge in [0.05, 0.1) is 4.92 Å². The minimum Gasteiger partial charge on any atom is -0.261 e. The molecule has 0 radical (unpaired) electrons. The minimum absolute atomic E-state index is 0.157. The van der Waals surface area contributed by atoms with Gasteiger partial charge in [-0.05, 0) is 29.6 Å². The van der Waals surface area contributed by atoms with Crippen LogP contribution >= 0.6 is 46.4 Å². The summed E-state index contributed by atoms with van der Waals surface area (Å²) in [7, 11) is 0. The van der Waals surface area contributed by atoms with Crippen LogP contribution in [-0.4, -0.2) is 13.7 Å². The summed E-state index contributed by atoms with van der Waals surface area (Å²) >= 11 is 21.9. The van der Waals surface area contributed by atoms with Crippen LogP contribution in [0, 0.1) is 10.1 Å². The van der Waals surface area contributed by atoms with E-state index < -0.39 is 13.7 Å². The molecule has 0 spiro atoms. The Morgan fingerprint density at radius 2 is 1.75 bits per heavy atom. The summed E-state index contributed by atoms with van der Waals surface area (Å²) in [5.74, 6) is 0. The zero-order chi connectivity index (χ0) is 9.99. The molecule has 7 heteroatoms. The highest BCUT2D eigenvalue weighted by molar-refractivity contribution is 6.61. The van der Waals surface area contributed by atoms with Crippen LogP contribution < -0.4 is 0 Å². The van der Waals surface area contributed by atoms with Gasteiger partial charge in [0.15, 0.2) is 0 Å². The molecular weight excluding hydrogens is 248 g/mol. The van der Waals surface area contributed by atoms with Gasteiger partial charge in [-0.15, -0.1) is 0 Å². The van der Waals surface area contributed by atoms with Gasteiger partial charge in [-0.3, -0.25) is 10.1 Å². The minimum atomic E-state index is -2.36. The first-order valence-electron chi connectivity index (χ1n) is 3.16. The Balaban J connectivity index is 4.62. The van der Waals surface area contributed by atoms with Crippen LogP contribution in [0.2, 0.25) is 0 Å². The quantitative estimate of drug-likeness (QED) is 0.334. The van der Waals surface area contributed by atoms with E-state index in [9.17, 15) is 10.1 Å². The third-order valence-electron chi connectivity index (χ3n) is 1.23. The van der Waals surface area contributed by atoms with Crippen molar-refractivity contribution in [3.05, 3.63) is 10.1 Å². The number of rotatable bonds is 4. The summed E-state index contributed by atoms with van der Waals surface area (Å²) in [5.41, 5.74) is 0. The van der Waals surface area contributed by atoms with Crippen molar-refractivity contribution >= 4 is 46.4 Å². The summed E-state index contributed by atoms with van der Waals surface area (Å²) in [5, 5.41) is 10.3. The Labute approximate surface area is 90.1 Å². The molecule has 0 aromatic rings. The summed E-state index contributed by atoms with van der Waals surface area (Å²) < 4.78 is -4.11. The molecular formula is C5H7Cl4NO2. The first-order chi connectivity index (χ1) is 5.25. The standard InChI is InChI=1S/C5H7Cl4NO2/c1-2-3-4(6,7)5(8,9)10(11)12/h2-3H2,1H3. The number of hydrogen-bond acceptors (Lipinski definition) is 2. The molecule has 0 aliphatic rings. The highest BCUT2D eigenvalue weighted by Crippen LogP contribution is 2.45. The lowest BCUT2D eigenvalue weighted by atomic mass is 10.2. The molecule has 12 heavy (non-hydrogen) atoms. The Bertz CT molecular complexity index is 182. The van der Waals surface area contributed by atoms with E-state index in [-0.39, 0.29) is 6.42 Å². The monoisotopic (exact) mass is 253 g/mol. The summed E-state index contributed by atoms with van der Waals surface area (Å²) in [6, 6.07) is 0. The number of nitrogens with zero attached hydrogens (tertiary/aromatic N) is 1. The van der Waals surface area contributed by atoms with E-state index in [4.69, 9.17) is 46.4 Å². The van der Waals surface area contributed by atoms with Crippen LogP contribution in [0.1, 0.15) is 19.8 Å². The van der Waals surface area contributed by atoms with Crippen LogP contribution in [0.15, 0.2) is 0 Å². The molecule has 0 amide bonds. The van der Waals surface area contributed by atoms with Crippen LogP contribution in [0.5, 0.6) is 0 Å². The lowest BCUT2D eigenvalue weighted by Gasteiger charge is -2.24. The lowest BCUT2D eigenvalue weighted by molar-refractivity contribution is -0.518. The first-order valence-corrected chi connectivity index (χ1v) is 4.67. The fraction of sp³-hybridized carbons (Fsp3) is 1.00. The molecule has 0 fully saturated rings. The second-order valence-corrected chi connectivity index (χ2v) is 5.02. The van der Waals surface area contributed by atoms with Crippen molar-refractivity contribution in [1.29, 1.82) is 0 Å². The lowest BCUT2D eigenvalue weighted by Crippen LogP contribution is -2.43. The molecule has 0 heterocycles. The van der Waals surface area contributed by atoms with E-state index in [2.05, 4.69) is 0 Å². The molecule has 0 aromatic heterocycles. The molecule has 0 unspecified atom stereocenters. The summed E-state index contributed by atoms with van der Waals surface area (Å²) in [6.07, 6.45) is 0.714. The third-order valence-corrected chi connectivity index (χ3v) is 3.47. The second kappa shape index (κ2) is 4.18. The molecule has 0 N–H and O–H groups in total. The van der Waals surface area contributed by atoms with E-state index in [0.717, 1.165) is 0 Å². The van der Waals surface area contributed by atoms with Crippen molar-refractivity contribution in [1.82, 2.24) is 0 Å². The second-order valence-electron chi connectivity index (χ2n) is 2.25. The van der Waals surface area contributed by atoms with Gasteiger partial charge < -0.3 is 0 Å². The van der Waals surface area contributed by atoms with E-state index in [0.29, 0.717) is 6.42 Å². The van der Waals surface area contributed by atoms with Crippen LogP contribution in [0.25, 0.3) is 0 Å². The predicted octanol–water partition coefficient (Wildman–Crippen LogP) is 3.37. The van der Waals surface area contributed by atoms with E-state index >= 15 is 0 Å². The van der Waals surface area contributed by atoms with Crippen LogP contribution in [0.4, 0.5) is 0 Å². The molecule has 0 saturated carbocycles. The maximum absolute atomic E-state index is 10.3. The maximum Gasteiger partial charge on any atom is 0.402 e. The van der Waals surface area contributed by atoms with Crippen molar-refractivity contribution < 1.29 is 4.92 Å². The first kappa shape index (κ1) is 12.6. The fourth-order valence-corrected chi connectivity index (χ4v) is 1.30. The zero-order valence-corrected chi connectivity index (χ0v) is 9.21. The number of hydrogen-bond donors (Lipinski definition) is 0. The SMILES string of the molecule is CCCC(Cl)(Cl)C(Cl)(Cl)[N+](=O)[O-]. The normalized spacial score (nSPS) is 13.1. The number of halogens is 4.